The summed E-state index contributed by atoms with van der Waals surface area (Å²) in [6, 6.07) is 7.68. The van der Waals surface area contributed by atoms with E-state index in [1.165, 1.54) is 0 Å². The number of nitrogens with zero attached hydrogens (tertiary/aromatic N) is 2. The number of furan rings is 1. The molecule has 1 amide bonds. The summed E-state index contributed by atoms with van der Waals surface area (Å²) in [5.74, 6) is 0.0773. The summed E-state index contributed by atoms with van der Waals surface area (Å²) in [4.78, 5) is 16.9. The van der Waals surface area contributed by atoms with Gasteiger partial charge in [-0.25, -0.2) is 0 Å². The molecule has 0 spiro atoms. The number of alkyl halides is 1. The lowest BCUT2D eigenvalue weighted by Crippen LogP contribution is -2.49. The highest BCUT2D eigenvalue weighted by atomic mass is 79.9. The van der Waals surface area contributed by atoms with Crippen LogP contribution in [0.25, 0.3) is 11.0 Å². The van der Waals surface area contributed by atoms with Gasteiger partial charge in [-0.2, -0.15) is 0 Å². The number of benzene rings is 1. The molecule has 0 saturated carbocycles. The smallest absolute Gasteiger partial charge is 0.257 e. The minimum atomic E-state index is 0.0773. The van der Waals surface area contributed by atoms with E-state index in [0.717, 1.165) is 49.0 Å². The highest BCUT2D eigenvalue weighted by Gasteiger charge is 2.24. The van der Waals surface area contributed by atoms with E-state index in [0.29, 0.717) is 5.56 Å². The fraction of sp³-hybridized carbons (Fsp3) is 0.400. The van der Waals surface area contributed by atoms with E-state index >= 15 is 0 Å². The molecule has 0 unspecified atom stereocenters. The molecule has 1 aliphatic heterocycles. The number of para-hydroxylation sites is 1. The zero-order chi connectivity index (χ0) is 13.9. The third-order valence-electron chi connectivity index (χ3n) is 3.77. The summed E-state index contributed by atoms with van der Waals surface area (Å²) in [6.07, 6.45) is 1.58. The fourth-order valence-electron chi connectivity index (χ4n) is 2.61. The first kappa shape index (κ1) is 13.6. The molecule has 1 aliphatic rings. The molecule has 1 saturated heterocycles. The van der Waals surface area contributed by atoms with Gasteiger partial charge in [-0.1, -0.05) is 34.1 Å². The monoisotopic (exact) mass is 336 g/mol. The van der Waals surface area contributed by atoms with Crippen molar-refractivity contribution in [1.82, 2.24) is 9.80 Å². The normalized spacial score (nSPS) is 16.8. The van der Waals surface area contributed by atoms with E-state index < -0.39 is 0 Å². The van der Waals surface area contributed by atoms with Crippen LogP contribution in [0.5, 0.6) is 0 Å². The van der Waals surface area contributed by atoms with Crippen LogP contribution >= 0.6 is 15.9 Å². The van der Waals surface area contributed by atoms with Crippen LogP contribution in [0.3, 0.4) is 0 Å². The molecule has 2 aromatic rings. The van der Waals surface area contributed by atoms with Crippen LogP contribution in [-0.4, -0.2) is 53.8 Å². The lowest BCUT2D eigenvalue weighted by Gasteiger charge is -2.34. The maximum absolute atomic E-state index is 12.6. The summed E-state index contributed by atoms with van der Waals surface area (Å²) < 4.78 is 5.46. The van der Waals surface area contributed by atoms with E-state index in [2.05, 4.69) is 20.8 Å². The lowest BCUT2D eigenvalue weighted by molar-refractivity contribution is 0.0646. The Balaban J connectivity index is 1.74. The zero-order valence-electron chi connectivity index (χ0n) is 11.2. The highest BCUT2D eigenvalue weighted by Crippen LogP contribution is 2.22. The lowest BCUT2D eigenvalue weighted by atomic mass is 10.1. The minimum absolute atomic E-state index is 0.0773. The van der Waals surface area contributed by atoms with Gasteiger partial charge in [0.15, 0.2) is 0 Å². The van der Waals surface area contributed by atoms with Crippen molar-refractivity contribution in [1.29, 1.82) is 0 Å². The quantitative estimate of drug-likeness (QED) is 0.808. The molecule has 4 nitrogen and oxygen atoms in total. The Hall–Kier alpha value is -1.33. The van der Waals surface area contributed by atoms with Crippen LogP contribution in [0.15, 0.2) is 34.9 Å². The van der Waals surface area contributed by atoms with Gasteiger partial charge in [-0.15, -0.1) is 0 Å². The van der Waals surface area contributed by atoms with Crippen molar-refractivity contribution >= 4 is 32.8 Å². The summed E-state index contributed by atoms with van der Waals surface area (Å²) in [7, 11) is 0. The number of hydrogen-bond acceptors (Lipinski definition) is 3. The third kappa shape index (κ3) is 2.60. The Kier molecular flexibility index (Phi) is 4.08. The van der Waals surface area contributed by atoms with Crippen molar-refractivity contribution < 1.29 is 9.21 Å². The number of halogens is 1. The van der Waals surface area contributed by atoms with Crippen LogP contribution in [0, 0.1) is 0 Å². The number of carbonyl (C=O) groups is 1. The van der Waals surface area contributed by atoms with E-state index in [-0.39, 0.29) is 5.91 Å². The molecule has 0 N–H and O–H groups in total. The van der Waals surface area contributed by atoms with Crippen molar-refractivity contribution in [2.24, 2.45) is 0 Å². The first-order valence-corrected chi connectivity index (χ1v) is 7.95. The molecule has 20 heavy (non-hydrogen) atoms. The van der Waals surface area contributed by atoms with Crippen molar-refractivity contribution in [2.45, 2.75) is 0 Å². The van der Waals surface area contributed by atoms with Crippen LogP contribution in [-0.2, 0) is 0 Å². The number of piperazine rings is 1. The molecule has 0 aliphatic carbocycles. The number of hydrogen-bond donors (Lipinski definition) is 0. The minimum Gasteiger partial charge on any atom is -0.463 e. The van der Waals surface area contributed by atoms with Crippen molar-refractivity contribution in [3.8, 4) is 0 Å². The topological polar surface area (TPSA) is 36.7 Å². The second-order valence-corrected chi connectivity index (χ2v) is 5.76. The van der Waals surface area contributed by atoms with Gasteiger partial charge in [0.1, 0.15) is 11.8 Å². The van der Waals surface area contributed by atoms with Gasteiger partial charge in [0.2, 0.25) is 0 Å². The Morgan fingerprint density at radius 1 is 1.20 bits per heavy atom. The number of fused-ring (bicyclic) bond motifs is 1. The van der Waals surface area contributed by atoms with Gasteiger partial charge in [0, 0.05) is 43.4 Å². The zero-order valence-corrected chi connectivity index (χ0v) is 12.8. The average molecular weight is 337 g/mol. The molecule has 1 aromatic heterocycles. The summed E-state index contributed by atoms with van der Waals surface area (Å²) in [6.45, 7) is 4.48. The van der Waals surface area contributed by atoms with Gasteiger partial charge in [-0.3, -0.25) is 9.69 Å². The SMILES string of the molecule is O=C(c1coc2ccccc12)N1CCN(CCBr)CC1. The number of rotatable bonds is 3. The molecule has 0 radical (unpaired) electrons. The van der Waals surface area contributed by atoms with Crippen LogP contribution in [0.4, 0.5) is 0 Å². The fourth-order valence-corrected chi connectivity index (χ4v) is 3.11. The maximum Gasteiger partial charge on any atom is 0.257 e. The van der Waals surface area contributed by atoms with E-state index in [1.807, 2.05) is 29.2 Å². The van der Waals surface area contributed by atoms with Crippen LogP contribution in [0.1, 0.15) is 10.4 Å². The third-order valence-corrected chi connectivity index (χ3v) is 4.13. The molecule has 1 fully saturated rings. The van der Waals surface area contributed by atoms with Gasteiger partial charge in [0.05, 0.1) is 5.56 Å². The first-order chi connectivity index (χ1) is 9.79. The van der Waals surface area contributed by atoms with Gasteiger partial charge >= 0.3 is 0 Å². The number of carbonyl (C=O) groups excluding carboxylic acids is 1. The Morgan fingerprint density at radius 2 is 1.95 bits per heavy atom. The highest BCUT2D eigenvalue weighted by molar-refractivity contribution is 9.09. The van der Waals surface area contributed by atoms with Gasteiger partial charge < -0.3 is 9.32 Å². The summed E-state index contributed by atoms with van der Waals surface area (Å²) >= 11 is 3.45. The van der Waals surface area contributed by atoms with Gasteiger partial charge in [-0.05, 0) is 6.07 Å². The van der Waals surface area contributed by atoms with Crippen LogP contribution < -0.4 is 0 Å². The molecular weight excluding hydrogens is 320 g/mol. The van der Waals surface area contributed by atoms with Gasteiger partial charge in [0.25, 0.3) is 5.91 Å². The summed E-state index contributed by atoms with van der Waals surface area (Å²) in [5.41, 5.74) is 1.45. The number of amides is 1. The predicted molar refractivity (Wildman–Crippen MR) is 82.4 cm³/mol. The largest absolute Gasteiger partial charge is 0.463 e. The van der Waals surface area contributed by atoms with Crippen molar-refractivity contribution in [2.75, 3.05) is 38.1 Å². The van der Waals surface area contributed by atoms with E-state index in [1.54, 1.807) is 6.26 Å². The van der Waals surface area contributed by atoms with E-state index in [4.69, 9.17) is 4.42 Å². The van der Waals surface area contributed by atoms with E-state index in [9.17, 15) is 4.79 Å². The molecule has 5 heteroatoms. The Bertz CT molecular complexity index is 603. The van der Waals surface area contributed by atoms with Crippen LogP contribution in [0.2, 0.25) is 0 Å². The Morgan fingerprint density at radius 3 is 2.70 bits per heavy atom. The molecule has 1 aromatic carbocycles. The second kappa shape index (κ2) is 5.97. The summed E-state index contributed by atoms with van der Waals surface area (Å²) in [5, 5.41) is 1.88. The molecule has 0 atom stereocenters. The first-order valence-electron chi connectivity index (χ1n) is 6.83. The molecular formula is C15H17BrN2O2. The average Bonchev–Trinajstić information content (AvgIpc) is 2.92. The second-order valence-electron chi connectivity index (χ2n) is 4.97. The molecule has 0 bridgehead atoms. The molecule has 2 heterocycles. The van der Waals surface area contributed by atoms with Crippen molar-refractivity contribution in [3.63, 3.8) is 0 Å². The molecule has 3 rings (SSSR count). The molecule has 106 valence electrons. The maximum atomic E-state index is 12.6. The Labute approximate surface area is 126 Å². The standard InChI is InChI=1S/C15H17BrN2O2/c16-5-6-17-7-9-18(10-8-17)15(19)13-11-20-14-4-2-1-3-12(13)14/h1-4,11H,5-10H2. The predicted octanol–water partition coefficient (Wildman–Crippen LogP) is 2.59. The van der Waals surface area contributed by atoms with Crippen molar-refractivity contribution in [3.05, 3.63) is 36.1 Å².